The fourth-order valence-corrected chi connectivity index (χ4v) is 2.26. The van der Waals surface area contributed by atoms with Crippen molar-refractivity contribution in [1.82, 2.24) is 5.32 Å². The standard InChI is InChI=1S/C11H12BrNO2.ClH/c12-8-3-1-7(2-4-8)9-5-13-6-10(9)11(14)15;/h1-4,9-10,13H,5-6H2,(H,14,15);1H/t9-,10-;/m0./s1. The normalized spacial score (nSPS) is 23.8. The first-order valence-corrected chi connectivity index (χ1v) is 5.67. The maximum atomic E-state index is 11.0. The molecule has 1 aliphatic heterocycles. The maximum Gasteiger partial charge on any atom is 0.308 e. The first kappa shape index (κ1) is 13.5. The Hall–Kier alpha value is -0.580. The summed E-state index contributed by atoms with van der Waals surface area (Å²) in [6.45, 7) is 1.31. The smallest absolute Gasteiger partial charge is 0.308 e. The summed E-state index contributed by atoms with van der Waals surface area (Å²) in [5.74, 6) is -0.922. The summed E-state index contributed by atoms with van der Waals surface area (Å²) in [4.78, 5) is 11.0. The molecule has 16 heavy (non-hydrogen) atoms. The van der Waals surface area contributed by atoms with Gasteiger partial charge in [-0.1, -0.05) is 28.1 Å². The van der Waals surface area contributed by atoms with Crippen LogP contribution in [0.2, 0.25) is 0 Å². The second kappa shape index (κ2) is 5.66. The molecule has 88 valence electrons. The first-order valence-electron chi connectivity index (χ1n) is 4.87. The molecule has 0 aliphatic carbocycles. The zero-order chi connectivity index (χ0) is 10.8. The Labute approximate surface area is 109 Å². The van der Waals surface area contributed by atoms with Crippen molar-refractivity contribution in [2.75, 3.05) is 13.1 Å². The molecule has 2 atom stereocenters. The monoisotopic (exact) mass is 305 g/mol. The number of nitrogens with one attached hydrogen (secondary N) is 1. The third-order valence-corrected chi connectivity index (χ3v) is 3.36. The number of halogens is 2. The summed E-state index contributed by atoms with van der Waals surface area (Å²) in [6, 6.07) is 7.87. The van der Waals surface area contributed by atoms with Gasteiger partial charge in [-0.3, -0.25) is 4.79 Å². The summed E-state index contributed by atoms with van der Waals surface area (Å²) in [5.41, 5.74) is 1.09. The van der Waals surface area contributed by atoms with E-state index in [1.165, 1.54) is 0 Å². The van der Waals surface area contributed by atoms with Crippen molar-refractivity contribution in [2.45, 2.75) is 5.92 Å². The molecule has 0 aromatic heterocycles. The predicted molar refractivity (Wildman–Crippen MR) is 68.1 cm³/mol. The van der Waals surface area contributed by atoms with Gasteiger partial charge in [0.05, 0.1) is 5.92 Å². The average molecular weight is 307 g/mol. The Kier molecular flexibility index (Phi) is 4.77. The van der Waals surface area contributed by atoms with Crippen LogP contribution in [0.15, 0.2) is 28.7 Å². The van der Waals surface area contributed by atoms with Gasteiger partial charge < -0.3 is 10.4 Å². The van der Waals surface area contributed by atoms with Crippen LogP contribution < -0.4 is 5.32 Å². The lowest BCUT2D eigenvalue weighted by Crippen LogP contribution is -2.20. The molecule has 2 rings (SSSR count). The minimum atomic E-state index is -0.715. The van der Waals surface area contributed by atoms with Crippen LogP contribution >= 0.6 is 28.3 Å². The SMILES string of the molecule is Cl.O=C(O)[C@H]1CNC[C@H]1c1ccc(Br)cc1. The fraction of sp³-hybridized carbons (Fsp3) is 0.364. The van der Waals surface area contributed by atoms with Crippen molar-refractivity contribution in [3.63, 3.8) is 0 Å². The van der Waals surface area contributed by atoms with Crippen LogP contribution in [-0.2, 0) is 4.79 Å². The highest BCUT2D eigenvalue weighted by molar-refractivity contribution is 9.10. The Morgan fingerprint density at radius 2 is 1.94 bits per heavy atom. The van der Waals surface area contributed by atoms with Crippen LogP contribution in [0.25, 0.3) is 0 Å². The second-order valence-electron chi connectivity index (χ2n) is 3.76. The minimum absolute atomic E-state index is 0. The third-order valence-electron chi connectivity index (χ3n) is 2.83. The van der Waals surface area contributed by atoms with Gasteiger partial charge >= 0.3 is 5.97 Å². The highest BCUT2D eigenvalue weighted by Gasteiger charge is 2.33. The van der Waals surface area contributed by atoms with Gasteiger partial charge in [0.1, 0.15) is 0 Å². The van der Waals surface area contributed by atoms with E-state index in [0.29, 0.717) is 6.54 Å². The average Bonchev–Trinajstić information content (AvgIpc) is 2.67. The number of benzene rings is 1. The molecule has 0 radical (unpaired) electrons. The zero-order valence-corrected chi connectivity index (χ0v) is 10.9. The van der Waals surface area contributed by atoms with Crippen LogP contribution in [0.5, 0.6) is 0 Å². The Morgan fingerprint density at radius 1 is 1.31 bits per heavy atom. The Bertz CT molecular complexity index is 369. The van der Waals surface area contributed by atoms with E-state index in [1.807, 2.05) is 24.3 Å². The Balaban J connectivity index is 0.00000128. The summed E-state index contributed by atoms with van der Waals surface area (Å²) in [6.07, 6.45) is 0. The number of aliphatic carboxylic acids is 1. The third kappa shape index (κ3) is 2.75. The van der Waals surface area contributed by atoms with Crippen LogP contribution in [-0.4, -0.2) is 24.2 Å². The molecule has 5 heteroatoms. The van der Waals surface area contributed by atoms with Gasteiger partial charge in [0.2, 0.25) is 0 Å². The molecule has 0 unspecified atom stereocenters. The lowest BCUT2D eigenvalue weighted by atomic mass is 9.89. The molecule has 1 aliphatic rings. The molecule has 0 bridgehead atoms. The van der Waals surface area contributed by atoms with Gasteiger partial charge in [0.25, 0.3) is 0 Å². The van der Waals surface area contributed by atoms with Gasteiger partial charge in [-0.05, 0) is 17.7 Å². The number of hydrogen-bond acceptors (Lipinski definition) is 2. The number of carboxylic acids is 1. The molecule has 0 amide bonds. The van der Waals surface area contributed by atoms with Gasteiger partial charge in [0.15, 0.2) is 0 Å². The van der Waals surface area contributed by atoms with Crippen molar-refractivity contribution < 1.29 is 9.90 Å². The highest BCUT2D eigenvalue weighted by Crippen LogP contribution is 2.29. The van der Waals surface area contributed by atoms with E-state index >= 15 is 0 Å². The number of carbonyl (C=O) groups is 1. The van der Waals surface area contributed by atoms with Crippen molar-refractivity contribution in [1.29, 1.82) is 0 Å². The van der Waals surface area contributed by atoms with Crippen LogP contribution in [0.3, 0.4) is 0 Å². The van der Waals surface area contributed by atoms with E-state index in [1.54, 1.807) is 0 Å². The number of hydrogen-bond donors (Lipinski definition) is 2. The van der Waals surface area contributed by atoms with Crippen LogP contribution in [0, 0.1) is 5.92 Å². The van der Waals surface area contributed by atoms with E-state index in [-0.39, 0.29) is 24.2 Å². The van der Waals surface area contributed by atoms with Gasteiger partial charge in [-0.15, -0.1) is 12.4 Å². The topological polar surface area (TPSA) is 49.3 Å². The highest BCUT2D eigenvalue weighted by atomic mass is 79.9. The largest absolute Gasteiger partial charge is 0.481 e. The van der Waals surface area contributed by atoms with E-state index < -0.39 is 5.97 Å². The molecular formula is C11H13BrClNO2. The van der Waals surface area contributed by atoms with Crippen molar-refractivity contribution >= 4 is 34.3 Å². The van der Waals surface area contributed by atoms with E-state index in [4.69, 9.17) is 5.11 Å². The lowest BCUT2D eigenvalue weighted by molar-refractivity contribution is -0.141. The van der Waals surface area contributed by atoms with Crippen LogP contribution in [0.1, 0.15) is 11.5 Å². The molecular weight excluding hydrogens is 293 g/mol. The quantitative estimate of drug-likeness (QED) is 0.881. The molecule has 0 saturated carbocycles. The van der Waals surface area contributed by atoms with E-state index in [0.717, 1.165) is 16.6 Å². The van der Waals surface area contributed by atoms with Gasteiger partial charge in [-0.2, -0.15) is 0 Å². The maximum absolute atomic E-state index is 11.0. The van der Waals surface area contributed by atoms with Crippen molar-refractivity contribution in [3.05, 3.63) is 34.3 Å². The number of rotatable bonds is 2. The molecule has 0 spiro atoms. The summed E-state index contributed by atoms with van der Waals surface area (Å²) in [7, 11) is 0. The molecule has 1 aromatic carbocycles. The van der Waals surface area contributed by atoms with Gasteiger partial charge in [-0.25, -0.2) is 0 Å². The minimum Gasteiger partial charge on any atom is -0.481 e. The summed E-state index contributed by atoms with van der Waals surface area (Å²) < 4.78 is 1.02. The van der Waals surface area contributed by atoms with E-state index in [2.05, 4.69) is 21.2 Å². The summed E-state index contributed by atoms with van der Waals surface area (Å²) >= 11 is 3.37. The van der Waals surface area contributed by atoms with Crippen LogP contribution in [0.4, 0.5) is 0 Å². The second-order valence-corrected chi connectivity index (χ2v) is 4.68. The zero-order valence-electron chi connectivity index (χ0n) is 8.52. The molecule has 3 nitrogen and oxygen atoms in total. The molecule has 1 saturated heterocycles. The van der Waals surface area contributed by atoms with E-state index in [9.17, 15) is 4.79 Å². The van der Waals surface area contributed by atoms with Crippen molar-refractivity contribution in [3.8, 4) is 0 Å². The van der Waals surface area contributed by atoms with Crippen molar-refractivity contribution in [2.24, 2.45) is 5.92 Å². The summed E-state index contributed by atoms with van der Waals surface area (Å²) in [5, 5.41) is 12.2. The fourth-order valence-electron chi connectivity index (χ4n) is 2.00. The lowest BCUT2D eigenvalue weighted by Gasteiger charge is -2.14. The Morgan fingerprint density at radius 3 is 2.50 bits per heavy atom. The molecule has 1 heterocycles. The molecule has 1 aromatic rings. The molecule has 1 fully saturated rings. The predicted octanol–water partition coefficient (Wildman–Crippen LogP) is 2.26. The van der Waals surface area contributed by atoms with Gasteiger partial charge in [0, 0.05) is 23.5 Å². The number of carboxylic acid groups (broad SMARTS) is 1. The first-order chi connectivity index (χ1) is 7.18. The molecule has 2 N–H and O–H groups in total.